The van der Waals surface area contributed by atoms with Gasteiger partial charge in [0.2, 0.25) is 0 Å². The zero-order valence-electron chi connectivity index (χ0n) is 10.8. The highest BCUT2D eigenvalue weighted by Gasteiger charge is 2.18. The van der Waals surface area contributed by atoms with Crippen LogP contribution in [0.25, 0.3) is 0 Å². The first kappa shape index (κ1) is 13.4. The van der Waals surface area contributed by atoms with Crippen LogP contribution in [0.1, 0.15) is 35.7 Å². The summed E-state index contributed by atoms with van der Waals surface area (Å²) in [5.41, 5.74) is 2.82. The Bertz CT molecular complexity index is 545. The molecule has 5 heteroatoms. The molecule has 0 radical (unpaired) electrons. The molecule has 0 aliphatic heterocycles. The van der Waals surface area contributed by atoms with Crippen LogP contribution >= 0.6 is 15.9 Å². The van der Waals surface area contributed by atoms with Crippen LogP contribution in [0.5, 0.6) is 0 Å². The highest BCUT2D eigenvalue weighted by molar-refractivity contribution is 9.10. The number of furan rings is 1. The zero-order chi connectivity index (χ0) is 13.3. The summed E-state index contributed by atoms with van der Waals surface area (Å²) in [6.45, 7) is 3.93. The van der Waals surface area contributed by atoms with Gasteiger partial charge < -0.3 is 9.52 Å². The lowest BCUT2D eigenvalue weighted by molar-refractivity contribution is 0.174. The maximum atomic E-state index is 10.2. The first-order chi connectivity index (χ1) is 8.52. The van der Waals surface area contributed by atoms with E-state index in [1.165, 1.54) is 0 Å². The molecule has 98 valence electrons. The monoisotopic (exact) mass is 312 g/mol. The van der Waals surface area contributed by atoms with E-state index in [9.17, 15) is 5.11 Å². The molecular weight excluding hydrogens is 296 g/mol. The van der Waals surface area contributed by atoms with Crippen LogP contribution in [0, 0.1) is 6.92 Å². The van der Waals surface area contributed by atoms with Gasteiger partial charge in [0.15, 0.2) is 0 Å². The molecule has 4 nitrogen and oxygen atoms in total. The Balaban J connectivity index is 2.21. The Hall–Kier alpha value is -1.07. The van der Waals surface area contributed by atoms with Gasteiger partial charge >= 0.3 is 0 Å². The van der Waals surface area contributed by atoms with Crippen molar-refractivity contribution in [2.75, 3.05) is 0 Å². The number of halogens is 1. The van der Waals surface area contributed by atoms with Crippen molar-refractivity contribution in [1.29, 1.82) is 0 Å². The van der Waals surface area contributed by atoms with E-state index >= 15 is 0 Å². The molecule has 0 aliphatic carbocycles. The largest absolute Gasteiger partial charge is 0.469 e. The minimum absolute atomic E-state index is 0.517. The summed E-state index contributed by atoms with van der Waals surface area (Å²) < 4.78 is 8.03. The number of aliphatic hydroxyl groups excluding tert-OH is 1. The topological polar surface area (TPSA) is 51.2 Å². The Kier molecular flexibility index (Phi) is 3.92. The molecule has 1 atom stereocenters. The van der Waals surface area contributed by atoms with Gasteiger partial charge in [-0.25, -0.2) is 0 Å². The number of rotatable bonds is 4. The third-order valence-electron chi connectivity index (χ3n) is 3.03. The van der Waals surface area contributed by atoms with Crippen molar-refractivity contribution in [2.24, 2.45) is 7.05 Å². The highest BCUT2D eigenvalue weighted by atomic mass is 79.9. The molecule has 2 aromatic heterocycles. The fraction of sp³-hybridized carbons (Fsp3) is 0.462. The van der Waals surface area contributed by atoms with Gasteiger partial charge in [-0.15, -0.1) is 0 Å². The number of nitrogens with zero attached hydrogens (tertiary/aromatic N) is 2. The predicted molar refractivity (Wildman–Crippen MR) is 72.4 cm³/mol. The Morgan fingerprint density at radius 3 is 2.78 bits per heavy atom. The molecule has 0 spiro atoms. The molecule has 0 saturated carbocycles. The van der Waals surface area contributed by atoms with Crippen LogP contribution in [-0.4, -0.2) is 14.9 Å². The van der Waals surface area contributed by atoms with Crippen LogP contribution < -0.4 is 0 Å². The molecule has 0 saturated heterocycles. The van der Waals surface area contributed by atoms with Gasteiger partial charge in [0.25, 0.3) is 0 Å². The molecule has 0 aliphatic rings. The Morgan fingerprint density at radius 2 is 2.28 bits per heavy atom. The van der Waals surface area contributed by atoms with E-state index in [1.54, 1.807) is 6.26 Å². The number of hydrogen-bond acceptors (Lipinski definition) is 3. The minimum Gasteiger partial charge on any atom is -0.469 e. The maximum absolute atomic E-state index is 10.2. The third-order valence-corrected chi connectivity index (χ3v) is 3.94. The van der Waals surface area contributed by atoms with E-state index in [0.717, 1.165) is 33.6 Å². The summed E-state index contributed by atoms with van der Waals surface area (Å²) in [4.78, 5) is 0. The molecule has 0 aromatic carbocycles. The molecule has 1 unspecified atom stereocenters. The SMILES string of the molecule is CCc1nn(C)c(CC(O)c2coc(C)c2)c1Br. The smallest absolute Gasteiger partial charge is 0.101 e. The van der Waals surface area contributed by atoms with Gasteiger partial charge in [-0.1, -0.05) is 6.92 Å². The summed E-state index contributed by atoms with van der Waals surface area (Å²) in [5.74, 6) is 0.808. The van der Waals surface area contributed by atoms with Gasteiger partial charge in [-0.3, -0.25) is 4.68 Å². The van der Waals surface area contributed by atoms with Gasteiger partial charge in [0, 0.05) is 19.0 Å². The standard InChI is InChI=1S/C13H17BrN2O2/c1-4-10-13(14)11(16(3)15-10)6-12(17)9-5-8(2)18-7-9/h5,7,12,17H,4,6H2,1-3H3. The van der Waals surface area contributed by atoms with Crippen molar-refractivity contribution in [3.63, 3.8) is 0 Å². The van der Waals surface area contributed by atoms with E-state index in [1.807, 2.05) is 24.7 Å². The molecule has 2 rings (SSSR count). The summed E-state index contributed by atoms with van der Waals surface area (Å²) in [6, 6.07) is 1.86. The van der Waals surface area contributed by atoms with Gasteiger partial charge in [-0.05, 0) is 35.3 Å². The van der Waals surface area contributed by atoms with Crippen LogP contribution in [-0.2, 0) is 19.9 Å². The molecular formula is C13H17BrN2O2. The average molecular weight is 313 g/mol. The fourth-order valence-electron chi connectivity index (χ4n) is 1.98. The first-order valence-electron chi connectivity index (χ1n) is 5.96. The molecule has 2 aromatic rings. The van der Waals surface area contributed by atoms with Gasteiger partial charge in [0.05, 0.1) is 28.2 Å². The lowest BCUT2D eigenvalue weighted by atomic mass is 10.1. The number of aliphatic hydroxyl groups is 1. The second-order valence-electron chi connectivity index (χ2n) is 4.40. The Morgan fingerprint density at radius 1 is 1.56 bits per heavy atom. The summed E-state index contributed by atoms with van der Waals surface area (Å²) in [5, 5.41) is 14.6. The van der Waals surface area contributed by atoms with Gasteiger partial charge in [-0.2, -0.15) is 5.10 Å². The summed E-state index contributed by atoms with van der Waals surface area (Å²) >= 11 is 3.55. The van der Waals surface area contributed by atoms with Crippen molar-refractivity contribution in [3.8, 4) is 0 Å². The van der Waals surface area contributed by atoms with Crippen LogP contribution in [0.4, 0.5) is 0 Å². The number of aryl methyl sites for hydroxylation is 3. The van der Waals surface area contributed by atoms with Crippen molar-refractivity contribution in [1.82, 2.24) is 9.78 Å². The first-order valence-corrected chi connectivity index (χ1v) is 6.75. The molecule has 0 fully saturated rings. The molecule has 1 N–H and O–H groups in total. The predicted octanol–water partition coefficient (Wildman–Crippen LogP) is 2.92. The van der Waals surface area contributed by atoms with Crippen LogP contribution in [0.15, 0.2) is 21.2 Å². The maximum Gasteiger partial charge on any atom is 0.101 e. The van der Waals surface area contributed by atoms with Crippen molar-refractivity contribution < 1.29 is 9.52 Å². The lowest BCUT2D eigenvalue weighted by Crippen LogP contribution is -2.06. The molecule has 0 amide bonds. The van der Waals surface area contributed by atoms with Crippen LogP contribution in [0.3, 0.4) is 0 Å². The van der Waals surface area contributed by atoms with Crippen molar-refractivity contribution >= 4 is 15.9 Å². The molecule has 2 heterocycles. The van der Waals surface area contributed by atoms with E-state index < -0.39 is 6.10 Å². The number of hydrogen-bond donors (Lipinski definition) is 1. The highest BCUT2D eigenvalue weighted by Crippen LogP contribution is 2.27. The summed E-state index contributed by atoms with van der Waals surface area (Å²) in [6.07, 6.45) is 2.42. The quantitative estimate of drug-likeness (QED) is 0.944. The minimum atomic E-state index is -0.571. The van der Waals surface area contributed by atoms with Crippen molar-refractivity contribution in [2.45, 2.75) is 32.8 Å². The van der Waals surface area contributed by atoms with E-state index in [4.69, 9.17) is 4.42 Å². The van der Waals surface area contributed by atoms with E-state index in [2.05, 4.69) is 28.0 Å². The second kappa shape index (κ2) is 5.28. The second-order valence-corrected chi connectivity index (χ2v) is 5.19. The average Bonchev–Trinajstić information content (AvgIpc) is 2.87. The van der Waals surface area contributed by atoms with E-state index in [0.29, 0.717) is 6.42 Å². The van der Waals surface area contributed by atoms with Crippen LogP contribution in [0.2, 0.25) is 0 Å². The van der Waals surface area contributed by atoms with Gasteiger partial charge in [0.1, 0.15) is 5.76 Å². The normalized spacial score (nSPS) is 12.9. The fourth-order valence-corrected chi connectivity index (χ4v) is 2.76. The number of aromatic nitrogens is 2. The molecule has 18 heavy (non-hydrogen) atoms. The third kappa shape index (κ3) is 2.52. The Labute approximate surface area is 115 Å². The lowest BCUT2D eigenvalue weighted by Gasteiger charge is -2.09. The van der Waals surface area contributed by atoms with Crippen molar-refractivity contribution in [3.05, 3.63) is 39.5 Å². The summed E-state index contributed by atoms with van der Waals surface area (Å²) in [7, 11) is 1.90. The molecule has 0 bridgehead atoms. The zero-order valence-corrected chi connectivity index (χ0v) is 12.4. The van der Waals surface area contributed by atoms with E-state index in [-0.39, 0.29) is 0 Å².